The lowest BCUT2D eigenvalue weighted by Crippen LogP contribution is -2.32. The van der Waals surface area contributed by atoms with E-state index in [4.69, 9.17) is 23.8 Å². The van der Waals surface area contributed by atoms with Gasteiger partial charge in [-0.15, -0.1) is 0 Å². The number of benzene rings is 2. The smallest absolute Gasteiger partial charge is 0.271 e. The molecule has 0 aliphatic carbocycles. The molecule has 122 valence electrons. The first-order valence-electron chi connectivity index (χ1n) is 6.75. The van der Waals surface area contributed by atoms with Gasteiger partial charge in [0.2, 0.25) is 5.91 Å². The Labute approximate surface area is 148 Å². The van der Waals surface area contributed by atoms with Crippen molar-refractivity contribution in [2.75, 3.05) is 5.32 Å². The Morgan fingerprint density at radius 2 is 1.92 bits per heavy atom. The molecule has 1 amide bonds. The SMILES string of the molecule is O=C(/C=C/c1ccccc1)NC(=S)Nc1ccc([N+](=O)[O-])cc1Cl. The molecule has 0 spiro atoms. The lowest BCUT2D eigenvalue weighted by molar-refractivity contribution is -0.384. The van der Waals surface area contributed by atoms with E-state index >= 15 is 0 Å². The Balaban J connectivity index is 1.94. The van der Waals surface area contributed by atoms with Crippen molar-refractivity contribution in [2.24, 2.45) is 0 Å². The van der Waals surface area contributed by atoms with Crippen molar-refractivity contribution in [2.45, 2.75) is 0 Å². The van der Waals surface area contributed by atoms with E-state index in [1.54, 1.807) is 6.08 Å². The molecule has 0 aliphatic heterocycles. The topological polar surface area (TPSA) is 84.3 Å². The summed E-state index contributed by atoms with van der Waals surface area (Å²) in [4.78, 5) is 21.9. The van der Waals surface area contributed by atoms with Crippen molar-refractivity contribution in [3.63, 3.8) is 0 Å². The molecule has 0 heterocycles. The number of halogens is 1. The highest BCUT2D eigenvalue weighted by molar-refractivity contribution is 7.80. The Morgan fingerprint density at radius 1 is 1.21 bits per heavy atom. The zero-order valence-corrected chi connectivity index (χ0v) is 13.8. The van der Waals surface area contributed by atoms with E-state index in [9.17, 15) is 14.9 Å². The van der Waals surface area contributed by atoms with Gasteiger partial charge in [-0.05, 0) is 29.9 Å². The number of non-ortho nitro benzene ring substituents is 1. The second-order valence-electron chi connectivity index (χ2n) is 4.61. The minimum absolute atomic E-state index is 0.0356. The Morgan fingerprint density at radius 3 is 2.54 bits per heavy atom. The first-order chi connectivity index (χ1) is 11.5. The summed E-state index contributed by atoms with van der Waals surface area (Å²) in [6.07, 6.45) is 3.00. The number of thiocarbonyl (C=S) groups is 1. The normalized spacial score (nSPS) is 10.4. The lowest BCUT2D eigenvalue weighted by Gasteiger charge is -2.09. The zero-order chi connectivity index (χ0) is 17.5. The summed E-state index contributed by atoms with van der Waals surface area (Å²) in [6.45, 7) is 0. The molecule has 0 radical (unpaired) electrons. The molecule has 0 atom stereocenters. The van der Waals surface area contributed by atoms with Crippen LogP contribution < -0.4 is 10.6 Å². The van der Waals surface area contributed by atoms with Crippen LogP contribution in [0.1, 0.15) is 5.56 Å². The van der Waals surface area contributed by atoms with Crippen LogP contribution in [-0.2, 0) is 4.79 Å². The van der Waals surface area contributed by atoms with Gasteiger partial charge in [0.15, 0.2) is 5.11 Å². The maximum Gasteiger partial charge on any atom is 0.271 e. The van der Waals surface area contributed by atoms with Crippen LogP contribution in [0.2, 0.25) is 5.02 Å². The Hall–Kier alpha value is -2.77. The van der Waals surface area contributed by atoms with E-state index in [0.717, 1.165) is 5.56 Å². The summed E-state index contributed by atoms with van der Waals surface area (Å²) < 4.78 is 0. The predicted octanol–water partition coefficient (Wildman–Crippen LogP) is 3.77. The van der Waals surface area contributed by atoms with Gasteiger partial charge in [-0.1, -0.05) is 41.9 Å². The summed E-state index contributed by atoms with van der Waals surface area (Å²) in [5.41, 5.74) is 1.11. The molecule has 24 heavy (non-hydrogen) atoms. The van der Waals surface area contributed by atoms with Crippen LogP contribution in [0.3, 0.4) is 0 Å². The van der Waals surface area contributed by atoms with Crippen LogP contribution in [0.4, 0.5) is 11.4 Å². The largest absolute Gasteiger partial charge is 0.331 e. The van der Waals surface area contributed by atoms with Crippen LogP contribution in [0.25, 0.3) is 6.08 Å². The highest BCUT2D eigenvalue weighted by Gasteiger charge is 2.10. The predicted molar refractivity (Wildman–Crippen MR) is 97.9 cm³/mol. The van der Waals surface area contributed by atoms with Crippen LogP contribution in [-0.4, -0.2) is 15.9 Å². The van der Waals surface area contributed by atoms with Gasteiger partial charge in [-0.2, -0.15) is 0 Å². The number of carbonyl (C=O) groups is 1. The zero-order valence-electron chi connectivity index (χ0n) is 12.2. The number of nitro benzene ring substituents is 1. The van der Waals surface area contributed by atoms with Gasteiger partial charge in [0.1, 0.15) is 0 Å². The molecule has 0 fully saturated rings. The van der Waals surface area contributed by atoms with E-state index in [2.05, 4.69) is 10.6 Å². The second-order valence-corrected chi connectivity index (χ2v) is 5.42. The van der Waals surface area contributed by atoms with Crippen LogP contribution in [0, 0.1) is 10.1 Å². The molecule has 0 saturated carbocycles. The maximum absolute atomic E-state index is 11.8. The van der Waals surface area contributed by atoms with E-state index < -0.39 is 10.8 Å². The van der Waals surface area contributed by atoms with Gasteiger partial charge in [-0.25, -0.2) is 0 Å². The molecule has 0 unspecified atom stereocenters. The van der Waals surface area contributed by atoms with E-state index in [-0.39, 0.29) is 15.8 Å². The van der Waals surface area contributed by atoms with Crippen molar-refractivity contribution in [1.82, 2.24) is 5.32 Å². The van der Waals surface area contributed by atoms with Crippen molar-refractivity contribution in [3.8, 4) is 0 Å². The number of hydrogen-bond donors (Lipinski definition) is 2. The number of carbonyl (C=O) groups excluding carboxylic acids is 1. The third-order valence-electron chi connectivity index (χ3n) is 2.88. The maximum atomic E-state index is 11.8. The molecule has 0 aliphatic rings. The number of nitrogens with one attached hydrogen (secondary N) is 2. The monoisotopic (exact) mass is 361 g/mol. The fraction of sp³-hybridized carbons (Fsp3) is 0. The Bertz CT molecular complexity index is 809. The average molecular weight is 362 g/mol. The number of rotatable bonds is 4. The first kappa shape index (κ1) is 17.6. The number of anilines is 1. The standard InChI is InChI=1S/C16H12ClN3O3S/c17-13-10-12(20(22)23)7-8-14(13)18-16(24)19-15(21)9-6-11-4-2-1-3-5-11/h1-10H,(H2,18,19,21,24)/b9-6+. The van der Waals surface area contributed by atoms with Gasteiger partial charge in [-0.3, -0.25) is 20.2 Å². The van der Waals surface area contributed by atoms with Crippen LogP contribution >= 0.6 is 23.8 Å². The van der Waals surface area contributed by atoms with Crippen molar-refractivity contribution >= 4 is 52.3 Å². The van der Waals surface area contributed by atoms with Gasteiger partial charge >= 0.3 is 0 Å². The fourth-order valence-corrected chi connectivity index (χ4v) is 2.19. The summed E-state index contributed by atoms with van der Waals surface area (Å²) in [5.74, 6) is -0.408. The second kappa shape index (κ2) is 8.19. The van der Waals surface area contributed by atoms with Crippen molar-refractivity contribution in [1.29, 1.82) is 0 Å². The molecule has 2 N–H and O–H groups in total. The summed E-state index contributed by atoms with van der Waals surface area (Å²) >= 11 is 11.0. The summed E-state index contributed by atoms with van der Waals surface area (Å²) in [5, 5.41) is 16.0. The van der Waals surface area contributed by atoms with Crippen molar-refractivity contribution < 1.29 is 9.72 Å². The number of nitro groups is 1. The third-order valence-corrected chi connectivity index (χ3v) is 3.39. The van der Waals surface area contributed by atoms with Gasteiger partial charge < -0.3 is 5.32 Å². The molecule has 2 rings (SSSR count). The first-order valence-corrected chi connectivity index (χ1v) is 7.53. The summed E-state index contributed by atoms with van der Waals surface area (Å²) in [7, 11) is 0. The van der Waals surface area contributed by atoms with Crippen LogP contribution in [0.5, 0.6) is 0 Å². The fourth-order valence-electron chi connectivity index (χ4n) is 1.76. The minimum Gasteiger partial charge on any atom is -0.331 e. The van der Waals surface area contributed by atoms with Gasteiger partial charge in [0.05, 0.1) is 15.6 Å². The highest BCUT2D eigenvalue weighted by atomic mass is 35.5. The van der Waals surface area contributed by atoms with E-state index in [0.29, 0.717) is 5.69 Å². The Kier molecular flexibility index (Phi) is 6.00. The lowest BCUT2D eigenvalue weighted by atomic mass is 10.2. The number of nitrogens with zero attached hydrogens (tertiary/aromatic N) is 1. The molecule has 2 aromatic carbocycles. The molecule has 0 saturated heterocycles. The molecule has 0 aromatic heterocycles. The minimum atomic E-state index is -0.551. The number of hydrogen-bond acceptors (Lipinski definition) is 4. The molecular formula is C16H12ClN3O3S. The molecule has 0 bridgehead atoms. The summed E-state index contributed by atoms with van der Waals surface area (Å²) in [6, 6.07) is 13.2. The van der Waals surface area contributed by atoms with Crippen LogP contribution in [0.15, 0.2) is 54.6 Å². The molecule has 6 nitrogen and oxygen atoms in total. The number of amides is 1. The van der Waals surface area contributed by atoms with Gasteiger partial charge in [0.25, 0.3) is 5.69 Å². The molecular weight excluding hydrogens is 350 g/mol. The third kappa shape index (κ3) is 5.15. The van der Waals surface area contributed by atoms with Crippen molar-refractivity contribution in [3.05, 3.63) is 75.3 Å². The molecule has 8 heteroatoms. The van der Waals surface area contributed by atoms with E-state index in [1.807, 2.05) is 30.3 Å². The quantitative estimate of drug-likeness (QED) is 0.375. The highest BCUT2D eigenvalue weighted by Crippen LogP contribution is 2.26. The van der Waals surface area contributed by atoms with E-state index in [1.165, 1.54) is 24.3 Å². The molecule has 2 aromatic rings. The van der Waals surface area contributed by atoms with Gasteiger partial charge in [0, 0.05) is 18.2 Å². The average Bonchev–Trinajstić information content (AvgIpc) is 2.55.